The van der Waals surface area contributed by atoms with Crippen LogP contribution in [0, 0.1) is 11.3 Å². The summed E-state index contributed by atoms with van der Waals surface area (Å²) in [6.45, 7) is 4.05. The highest BCUT2D eigenvalue weighted by Crippen LogP contribution is 2.20. The van der Waals surface area contributed by atoms with Gasteiger partial charge in [0, 0.05) is 24.5 Å². The average molecular weight is 251 g/mol. The molecule has 1 aromatic carbocycles. The fraction of sp³-hybridized carbons (Fsp3) is 0.250. The Hall–Kier alpha value is -2.18. The number of hydrogen-bond acceptors (Lipinski definition) is 3. The van der Waals surface area contributed by atoms with Crippen LogP contribution in [0.5, 0.6) is 0 Å². The Morgan fingerprint density at radius 2 is 2.11 bits per heavy atom. The minimum Gasteiger partial charge on any atom is -0.313 e. The molecule has 1 N–H and O–H groups in total. The Kier molecular flexibility index (Phi) is 4.66. The SMILES string of the molecule is CCCNCc1cccc(-c2cncc(C#N)c2)c1. The second-order valence-electron chi connectivity index (χ2n) is 4.45. The summed E-state index contributed by atoms with van der Waals surface area (Å²) in [6, 6.07) is 12.3. The number of pyridine rings is 1. The highest BCUT2D eigenvalue weighted by Gasteiger charge is 2.01. The minimum atomic E-state index is 0.590. The fourth-order valence-electron chi connectivity index (χ4n) is 1.93. The van der Waals surface area contributed by atoms with Crippen LogP contribution in [0.2, 0.25) is 0 Å². The van der Waals surface area contributed by atoms with Gasteiger partial charge in [-0.25, -0.2) is 0 Å². The molecule has 0 atom stereocenters. The first-order chi connectivity index (χ1) is 9.33. The topological polar surface area (TPSA) is 48.7 Å². The van der Waals surface area contributed by atoms with Crippen molar-refractivity contribution in [3.63, 3.8) is 0 Å². The third kappa shape index (κ3) is 3.64. The second kappa shape index (κ2) is 6.67. The smallest absolute Gasteiger partial charge is 0.101 e. The van der Waals surface area contributed by atoms with Crippen LogP contribution in [0.4, 0.5) is 0 Å². The zero-order valence-electron chi connectivity index (χ0n) is 11.1. The number of nitriles is 1. The van der Waals surface area contributed by atoms with Crippen LogP contribution in [0.25, 0.3) is 11.1 Å². The Morgan fingerprint density at radius 1 is 1.21 bits per heavy atom. The van der Waals surface area contributed by atoms with Crippen molar-refractivity contribution in [1.82, 2.24) is 10.3 Å². The van der Waals surface area contributed by atoms with Crippen LogP contribution in [0.15, 0.2) is 42.7 Å². The fourth-order valence-corrected chi connectivity index (χ4v) is 1.93. The van der Waals surface area contributed by atoms with E-state index in [9.17, 15) is 0 Å². The van der Waals surface area contributed by atoms with Crippen LogP contribution in [0.1, 0.15) is 24.5 Å². The molecule has 0 aliphatic heterocycles. The molecule has 0 radical (unpaired) electrons. The van der Waals surface area contributed by atoms with E-state index >= 15 is 0 Å². The van der Waals surface area contributed by atoms with Gasteiger partial charge >= 0.3 is 0 Å². The lowest BCUT2D eigenvalue weighted by Crippen LogP contribution is -2.13. The molecule has 0 unspecified atom stereocenters. The maximum Gasteiger partial charge on any atom is 0.101 e. The first-order valence-electron chi connectivity index (χ1n) is 6.48. The monoisotopic (exact) mass is 251 g/mol. The highest BCUT2D eigenvalue weighted by molar-refractivity contribution is 5.64. The Balaban J connectivity index is 2.20. The summed E-state index contributed by atoms with van der Waals surface area (Å²) in [5, 5.41) is 12.3. The summed E-state index contributed by atoms with van der Waals surface area (Å²) < 4.78 is 0. The molecular weight excluding hydrogens is 234 g/mol. The van der Waals surface area contributed by atoms with Gasteiger partial charge in [0.2, 0.25) is 0 Å². The van der Waals surface area contributed by atoms with Crippen molar-refractivity contribution in [2.24, 2.45) is 0 Å². The Bertz CT molecular complexity index is 585. The molecule has 0 amide bonds. The molecule has 2 rings (SSSR count). The first kappa shape index (κ1) is 13.3. The van der Waals surface area contributed by atoms with Gasteiger partial charge in [-0.2, -0.15) is 5.26 Å². The van der Waals surface area contributed by atoms with Gasteiger partial charge in [-0.15, -0.1) is 0 Å². The lowest BCUT2D eigenvalue weighted by atomic mass is 10.0. The van der Waals surface area contributed by atoms with Gasteiger partial charge < -0.3 is 5.32 Å². The molecule has 1 aromatic heterocycles. The van der Waals surface area contributed by atoms with Crippen LogP contribution < -0.4 is 5.32 Å². The van der Waals surface area contributed by atoms with E-state index in [-0.39, 0.29) is 0 Å². The number of rotatable bonds is 5. The summed E-state index contributed by atoms with van der Waals surface area (Å²) >= 11 is 0. The molecule has 3 heteroatoms. The Morgan fingerprint density at radius 3 is 2.89 bits per heavy atom. The normalized spacial score (nSPS) is 10.1. The largest absolute Gasteiger partial charge is 0.313 e. The molecule has 0 fully saturated rings. The number of hydrogen-bond donors (Lipinski definition) is 1. The average Bonchev–Trinajstić information content (AvgIpc) is 2.48. The van der Waals surface area contributed by atoms with Gasteiger partial charge in [0.25, 0.3) is 0 Å². The molecule has 2 aromatic rings. The minimum absolute atomic E-state index is 0.590. The molecule has 0 spiro atoms. The molecule has 96 valence electrons. The molecule has 19 heavy (non-hydrogen) atoms. The highest BCUT2D eigenvalue weighted by atomic mass is 14.8. The third-order valence-corrected chi connectivity index (χ3v) is 2.88. The second-order valence-corrected chi connectivity index (χ2v) is 4.45. The van der Waals surface area contributed by atoms with Crippen LogP contribution in [0.3, 0.4) is 0 Å². The van der Waals surface area contributed by atoms with E-state index in [0.29, 0.717) is 5.56 Å². The lowest BCUT2D eigenvalue weighted by Gasteiger charge is -2.06. The predicted molar refractivity (Wildman–Crippen MR) is 76.4 cm³/mol. The van der Waals surface area contributed by atoms with Crippen molar-refractivity contribution < 1.29 is 0 Å². The molecular formula is C16H17N3. The van der Waals surface area contributed by atoms with E-state index < -0.39 is 0 Å². The predicted octanol–water partition coefficient (Wildman–Crippen LogP) is 3.12. The lowest BCUT2D eigenvalue weighted by molar-refractivity contribution is 0.675. The van der Waals surface area contributed by atoms with E-state index in [2.05, 4.69) is 35.4 Å². The van der Waals surface area contributed by atoms with Crippen LogP contribution in [-0.4, -0.2) is 11.5 Å². The summed E-state index contributed by atoms with van der Waals surface area (Å²) in [4.78, 5) is 4.10. The summed E-state index contributed by atoms with van der Waals surface area (Å²) in [7, 11) is 0. The van der Waals surface area contributed by atoms with Gasteiger partial charge in [0.05, 0.1) is 5.56 Å². The molecule has 1 heterocycles. The van der Waals surface area contributed by atoms with Crippen molar-refractivity contribution in [2.45, 2.75) is 19.9 Å². The molecule has 0 aliphatic carbocycles. The maximum absolute atomic E-state index is 8.91. The van der Waals surface area contributed by atoms with Gasteiger partial charge in [0.15, 0.2) is 0 Å². The molecule has 0 saturated heterocycles. The number of benzene rings is 1. The van der Waals surface area contributed by atoms with Gasteiger partial charge in [-0.05, 0) is 36.2 Å². The van der Waals surface area contributed by atoms with E-state index in [4.69, 9.17) is 5.26 Å². The molecule has 3 nitrogen and oxygen atoms in total. The zero-order chi connectivity index (χ0) is 13.5. The van der Waals surface area contributed by atoms with Crippen molar-refractivity contribution in [1.29, 1.82) is 5.26 Å². The zero-order valence-corrected chi connectivity index (χ0v) is 11.1. The van der Waals surface area contributed by atoms with Gasteiger partial charge in [0.1, 0.15) is 6.07 Å². The van der Waals surface area contributed by atoms with Crippen molar-refractivity contribution >= 4 is 0 Å². The quantitative estimate of drug-likeness (QED) is 0.831. The van der Waals surface area contributed by atoms with Crippen molar-refractivity contribution in [3.05, 3.63) is 53.9 Å². The van der Waals surface area contributed by atoms with E-state index in [1.54, 1.807) is 12.4 Å². The number of nitrogens with zero attached hydrogens (tertiary/aromatic N) is 2. The van der Waals surface area contributed by atoms with Gasteiger partial charge in [-0.1, -0.05) is 25.1 Å². The van der Waals surface area contributed by atoms with E-state index in [1.165, 1.54) is 5.56 Å². The van der Waals surface area contributed by atoms with Gasteiger partial charge in [-0.3, -0.25) is 4.98 Å². The number of nitrogens with one attached hydrogen (secondary N) is 1. The van der Waals surface area contributed by atoms with E-state index in [0.717, 1.165) is 30.6 Å². The molecule has 0 saturated carbocycles. The molecule has 0 bridgehead atoms. The van der Waals surface area contributed by atoms with E-state index in [1.807, 2.05) is 18.2 Å². The third-order valence-electron chi connectivity index (χ3n) is 2.88. The first-order valence-corrected chi connectivity index (χ1v) is 6.48. The van der Waals surface area contributed by atoms with Crippen LogP contribution >= 0.6 is 0 Å². The number of aromatic nitrogens is 1. The summed E-state index contributed by atoms with van der Waals surface area (Å²) in [5.74, 6) is 0. The van der Waals surface area contributed by atoms with Crippen molar-refractivity contribution in [3.8, 4) is 17.2 Å². The maximum atomic E-state index is 8.91. The van der Waals surface area contributed by atoms with Crippen molar-refractivity contribution in [2.75, 3.05) is 6.54 Å². The van der Waals surface area contributed by atoms with Crippen LogP contribution in [-0.2, 0) is 6.54 Å². The Labute approximate surface area is 113 Å². The summed E-state index contributed by atoms with van der Waals surface area (Å²) in [5.41, 5.74) is 3.91. The standard InChI is InChI=1S/C16H17N3/c1-2-6-18-10-13-4-3-5-15(7-13)16-8-14(9-17)11-19-12-16/h3-5,7-8,11-12,18H,2,6,10H2,1H3. The summed E-state index contributed by atoms with van der Waals surface area (Å²) in [6.07, 6.45) is 4.50. The molecule has 0 aliphatic rings.